The number of benzene rings is 1. The van der Waals surface area contributed by atoms with E-state index >= 15 is 0 Å². The Morgan fingerprint density at radius 2 is 2.25 bits per heavy atom. The first-order valence-electron chi connectivity index (χ1n) is 8.36. The lowest BCUT2D eigenvalue weighted by atomic mass is 9.80. The summed E-state index contributed by atoms with van der Waals surface area (Å²) in [5.74, 6) is 1.15. The van der Waals surface area contributed by atoms with E-state index in [-0.39, 0.29) is 11.3 Å². The number of hydrogen-bond acceptors (Lipinski definition) is 5. The van der Waals surface area contributed by atoms with Crippen molar-refractivity contribution in [3.8, 4) is 0 Å². The van der Waals surface area contributed by atoms with Crippen molar-refractivity contribution in [1.29, 1.82) is 0 Å². The van der Waals surface area contributed by atoms with Crippen LogP contribution in [0.4, 0.5) is 0 Å². The number of nitrogens with one attached hydrogen (secondary N) is 3. The molecule has 2 fully saturated rings. The van der Waals surface area contributed by atoms with Gasteiger partial charge in [-0.15, -0.1) is 0 Å². The van der Waals surface area contributed by atoms with Crippen molar-refractivity contribution < 1.29 is 4.79 Å². The topological polar surface area (TPSA) is 85.9 Å². The summed E-state index contributed by atoms with van der Waals surface area (Å²) in [6.45, 7) is 4.69. The van der Waals surface area contributed by atoms with Crippen molar-refractivity contribution in [2.75, 3.05) is 26.2 Å². The van der Waals surface area contributed by atoms with Gasteiger partial charge < -0.3 is 10.6 Å². The molecule has 7 heteroatoms. The van der Waals surface area contributed by atoms with E-state index < -0.39 is 0 Å². The average Bonchev–Trinajstić information content (AvgIpc) is 3.29. The molecule has 2 aliphatic rings. The van der Waals surface area contributed by atoms with Crippen molar-refractivity contribution >= 4 is 5.91 Å². The number of rotatable bonds is 5. The Kier molecular flexibility index (Phi) is 4.03. The normalized spacial score (nSPS) is 26.4. The van der Waals surface area contributed by atoms with Crippen LogP contribution in [0.5, 0.6) is 0 Å². The van der Waals surface area contributed by atoms with E-state index in [1.54, 1.807) is 0 Å². The van der Waals surface area contributed by atoms with Gasteiger partial charge in [-0.25, -0.2) is 4.98 Å². The van der Waals surface area contributed by atoms with E-state index in [1.165, 1.54) is 11.9 Å². The fraction of sp³-hybridized carbons (Fsp3) is 0.471. The number of nitrogens with zero attached hydrogens (tertiary/aromatic N) is 3. The molecule has 2 atom stereocenters. The largest absolute Gasteiger partial charge is 0.348 e. The fourth-order valence-corrected chi connectivity index (χ4v) is 3.96. The Bertz CT molecular complexity index is 688. The van der Waals surface area contributed by atoms with Crippen LogP contribution in [-0.4, -0.2) is 52.2 Å². The maximum absolute atomic E-state index is 12.9. The summed E-state index contributed by atoms with van der Waals surface area (Å²) < 4.78 is 0. The van der Waals surface area contributed by atoms with Gasteiger partial charge in [-0.05, 0) is 5.56 Å². The first kappa shape index (κ1) is 15.3. The molecule has 2 aromatic rings. The zero-order valence-electron chi connectivity index (χ0n) is 13.5. The Balaban J connectivity index is 1.43. The molecule has 1 aromatic carbocycles. The van der Waals surface area contributed by atoms with E-state index in [0.717, 1.165) is 32.7 Å². The summed E-state index contributed by atoms with van der Waals surface area (Å²) in [5, 5.41) is 13.0. The quantitative estimate of drug-likeness (QED) is 0.728. The molecule has 4 rings (SSSR count). The summed E-state index contributed by atoms with van der Waals surface area (Å²) in [7, 11) is 0. The highest BCUT2D eigenvalue weighted by molar-refractivity contribution is 5.84. The lowest BCUT2D eigenvalue weighted by molar-refractivity contribution is -0.131. The predicted molar refractivity (Wildman–Crippen MR) is 88.7 cm³/mol. The van der Waals surface area contributed by atoms with Crippen molar-refractivity contribution in [3.63, 3.8) is 0 Å². The van der Waals surface area contributed by atoms with Gasteiger partial charge in [0.1, 0.15) is 12.2 Å². The number of likely N-dealkylation sites (tertiary alicyclic amines) is 1. The molecular formula is C17H22N6O. The first-order chi connectivity index (χ1) is 11.8. The third-order valence-corrected chi connectivity index (χ3v) is 5.18. The number of aromatic nitrogens is 3. The Morgan fingerprint density at radius 1 is 1.38 bits per heavy atom. The molecule has 0 bridgehead atoms. The summed E-state index contributed by atoms with van der Waals surface area (Å²) in [5.41, 5.74) is 0.956. The van der Waals surface area contributed by atoms with Gasteiger partial charge in [0.25, 0.3) is 0 Å². The minimum atomic E-state index is -0.338. The van der Waals surface area contributed by atoms with Crippen molar-refractivity contribution in [1.82, 2.24) is 30.7 Å². The second-order valence-corrected chi connectivity index (χ2v) is 6.75. The molecule has 0 radical (unpaired) electrons. The van der Waals surface area contributed by atoms with Gasteiger partial charge in [-0.3, -0.25) is 14.8 Å². The van der Waals surface area contributed by atoms with Crippen LogP contribution in [0.2, 0.25) is 0 Å². The Labute approximate surface area is 140 Å². The van der Waals surface area contributed by atoms with Crippen LogP contribution in [0.3, 0.4) is 0 Å². The first-order valence-corrected chi connectivity index (χ1v) is 8.36. The van der Waals surface area contributed by atoms with Crippen LogP contribution >= 0.6 is 0 Å². The summed E-state index contributed by atoms with van der Waals surface area (Å²) in [6, 6.07) is 10.4. The second kappa shape index (κ2) is 6.33. The SMILES string of the molecule is O=C(NCc1ncn[nH]1)[C@@]12CNC[C@@H]1CN(Cc1ccccc1)C2. The second-order valence-electron chi connectivity index (χ2n) is 6.75. The fourth-order valence-electron chi connectivity index (χ4n) is 3.96. The highest BCUT2D eigenvalue weighted by atomic mass is 16.2. The van der Waals surface area contributed by atoms with Crippen molar-refractivity contribution in [3.05, 3.63) is 48.0 Å². The smallest absolute Gasteiger partial charge is 0.229 e. The molecule has 0 saturated carbocycles. The molecule has 1 aromatic heterocycles. The third-order valence-electron chi connectivity index (χ3n) is 5.18. The van der Waals surface area contributed by atoms with Gasteiger partial charge in [-0.1, -0.05) is 30.3 Å². The monoisotopic (exact) mass is 326 g/mol. The number of fused-ring (bicyclic) bond motifs is 1. The van der Waals surface area contributed by atoms with Gasteiger partial charge >= 0.3 is 0 Å². The van der Waals surface area contributed by atoms with Gasteiger partial charge in [0.05, 0.1) is 12.0 Å². The number of carbonyl (C=O) groups is 1. The molecule has 2 saturated heterocycles. The molecule has 2 aliphatic heterocycles. The molecule has 1 amide bonds. The van der Waals surface area contributed by atoms with Crippen LogP contribution in [0, 0.1) is 11.3 Å². The molecule has 7 nitrogen and oxygen atoms in total. The van der Waals surface area contributed by atoms with Crippen molar-refractivity contribution in [2.24, 2.45) is 11.3 Å². The zero-order chi connectivity index (χ0) is 16.4. The Hall–Kier alpha value is -2.25. The molecule has 0 unspecified atom stereocenters. The zero-order valence-corrected chi connectivity index (χ0v) is 13.5. The summed E-state index contributed by atoms with van der Waals surface area (Å²) in [4.78, 5) is 19.4. The van der Waals surface area contributed by atoms with Crippen LogP contribution in [0.15, 0.2) is 36.7 Å². The molecule has 24 heavy (non-hydrogen) atoms. The number of hydrogen-bond donors (Lipinski definition) is 3. The molecule has 3 N–H and O–H groups in total. The van der Waals surface area contributed by atoms with Gasteiger partial charge in [0.2, 0.25) is 5.91 Å². The number of carbonyl (C=O) groups excluding carboxylic acids is 1. The number of amides is 1. The van der Waals surface area contributed by atoms with E-state index in [2.05, 4.69) is 55.0 Å². The van der Waals surface area contributed by atoms with E-state index in [4.69, 9.17) is 0 Å². The van der Waals surface area contributed by atoms with Crippen LogP contribution in [-0.2, 0) is 17.9 Å². The maximum atomic E-state index is 12.9. The van der Waals surface area contributed by atoms with Gasteiger partial charge in [0.15, 0.2) is 0 Å². The molecule has 0 aliphatic carbocycles. The Morgan fingerprint density at radius 3 is 3.04 bits per heavy atom. The third kappa shape index (κ3) is 2.81. The lowest BCUT2D eigenvalue weighted by Gasteiger charge is -2.26. The average molecular weight is 326 g/mol. The minimum absolute atomic E-state index is 0.115. The van der Waals surface area contributed by atoms with E-state index in [1.807, 2.05) is 6.07 Å². The highest BCUT2D eigenvalue weighted by Crippen LogP contribution is 2.39. The van der Waals surface area contributed by atoms with Crippen LogP contribution < -0.4 is 10.6 Å². The molecular weight excluding hydrogens is 304 g/mol. The predicted octanol–water partition coefficient (Wildman–Crippen LogP) is 0.143. The summed E-state index contributed by atoms with van der Waals surface area (Å²) >= 11 is 0. The highest BCUT2D eigenvalue weighted by Gasteiger charge is 2.54. The van der Waals surface area contributed by atoms with Crippen molar-refractivity contribution in [2.45, 2.75) is 13.1 Å². The minimum Gasteiger partial charge on any atom is -0.348 e. The maximum Gasteiger partial charge on any atom is 0.229 e. The molecule has 3 heterocycles. The number of aromatic amines is 1. The van der Waals surface area contributed by atoms with Crippen LogP contribution in [0.1, 0.15) is 11.4 Å². The lowest BCUT2D eigenvalue weighted by Crippen LogP contribution is -2.47. The van der Waals surface area contributed by atoms with Crippen LogP contribution in [0.25, 0.3) is 0 Å². The van der Waals surface area contributed by atoms with E-state index in [0.29, 0.717) is 18.3 Å². The number of H-pyrrole nitrogens is 1. The van der Waals surface area contributed by atoms with Gasteiger partial charge in [0, 0.05) is 38.6 Å². The molecule has 126 valence electrons. The standard InChI is InChI=1S/C17H22N6O/c24-16(19-7-15-20-12-21-22-15)17-10-18-6-14(17)9-23(11-17)8-13-4-2-1-3-5-13/h1-5,12,14,18H,6-11H2,(H,19,24)(H,20,21,22)/t14-,17-/m1/s1. The van der Waals surface area contributed by atoms with E-state index in [9.17, 15) is 4.79 Å². The molecule has 0 spiro atoms. The summed E-state index contributed by atoms with van der Waals surface area (Å²) in [6.07, 6.45) is 1.46. The van der Waals surface area contributed by atoms with Gasteiger partial charge in [-0.2, -0.15) is 5.10 Å².